The standard InChI is InChI=1S/C16H24F2N2/c1-2-3-4-5-16(20-8-6-19-7-9-20)13-10-14(17)12-15(18)11-13/h10-12,16,19H,2-9H2,1H3/t16-/m1/s1. The van der Waals surface area contributed by atoms with Crippen molar-refractivity contribution in [2.75, 3.05) is 26.2 Å². The maximum Gasteiger partial charge on any atom is 0.126 e. The molecule has 0 amide bonds. The van der Waals surface area contributed by atoms with Crippen molar-refractivity contribution in [2.24, 2.45) is 0 Å². The van der Waals surface area contributed by atoms with Crippen LogP contribution in [-0.4, -0.2) is 31.1 Å². The molecule has 0 saturated carbocycles. The number of benzene rings is 1. The lowest BCUT2D eigenvalue weighted by Crippen LogP contribution is -2.45. The van der Waals surface area contributed by atoms with Crippen LogP contribution in [0.3, 0.4) is 0 Å². The van der Waals surface area contributed by atoms with E-state index in [0.717, 1.165) is 57.1 Å². The highest BCUT2D eigenvalue weighted by Gasteiger charge is 2.22. The third-order valence-corrected chi connectivity index (χ3v) is 3.94. The van der Waals surface area contributed by atoms with Gasteiger partial charge in [-0.25, -0.2) is 8.78 Å². The van der Waals surface area contributed by atoms with Gasteiger partial charge in [-0.15, -0.1) is 0 Å². The maximum atomic E-state index is 13.5. The first kappa shape index (κ1) is 15.4. The fourth-order valence-corrected chi connectivity index (χ4v) is 2.91. The Bertz CT molecular complexity index is 397. The van der Waals surface area contributed by atoms with Crippen molar-refractivity contribution >= 4 is 0 Å². The van der Waals surface area contributed by atoms with Crippen LogP contribution >= 0.6 is 0 Å². The monoisotopic (exact) mass is 282 g/mol. The number of piperazine rings is 1. The van der Waals surface area contributed by atoms with Crippen LogP contribution in [0.2, 0.25) is 0 Å². The van der Waals surface area contributed by atoms with Crippen molar-refractivity contribution in [1.29, 1.82) is 0 Å². The lowest BCUT2D eigenvalue weighted by Gasteiger charge is -2.35. The molecule has 0 radical (unpaired) electrons. The molecule has 112 valence electrons. The van der Waals surface area contributed by atoms with Crippen molar-refractivity contribution in [2.45, 2.75) is 38.6 Å². The third kappa shape index (κ3) is 4.25. The van der Waals surface area contributed by atoms with Gasteiger partial charge in [0.05, 0.1) is 0 Å². The summed E-state index contributed by atoms with van der Waals surface area (Å²) in [4.78, 5) is 2.35. The molecule has 2 nitrogen and oxygen atoms in total. The summed E-state index contributed by atoms with van der Waals surface area (Å²) < 4.78 is 26.9. The van der Waals surface area contributed by atoms with Crippen LogP contribution in [-0.2, 0) is 0 Å². The van der Waals surface area contributed by atoms with Crippen LogP contribution in [0.1, 0.15) is 44.2 Å². The second-order valence-corrected chi connectivity index (χ2v) is 5.50. The first-order valence-corrected chi connectivity index (χ1v) is 7.61. The van der Waals surface area contributed by atoms with Gasteiger partial charge in [-0.1, -0.05) is 26.2 Å². The van der Waals surface area contributed by atoms with Gasteiger partial charge in [-0.05, 0) is 24.1 Å². The van der Waals surface area contributed by atoms with E-state index in [9.17, 15) is 8.78 Å². The van der Waals surface area contributed by atoms with Crippen LogP contribution in [0, 0.1) is 11.6 Å². The molecule has 0 aliphatic carbocycles. The average molecular weight is 282 g/mol. The highest BCUT2D eigenvalue weighted by Crippen LogP contribution is 2.28. The predicted octanol–water partition coefficient (Wildman–Crippen LogP) is 3.49. The summed E-state index contributed by atoms with van der Waals surface area (Å²) in [5.74, 6) is -0.953. The quantitative estimate of drug-likeness (QED) is 0.803. The Balaban J connectivity index is 2.15. The van der Waals surface area contributed by atoms with Crippen molar-refractivity contribution in [3.8, 4) is 0 Å². The summed E-state index contributed by atoms with van der Waals surface area (Å²) in [6.07, 6.45) is 4.39. The molecular formula is C16H24F2N2. The van der Waals surface area contributed by atoms with E-state index in [0.29, 0.717) is 0 Å². The number of rotatable bonds is 6. The summed E-state index contributed by atoms with van der Waals surface area (Å²) in [6, 6.07) is 4.06. The number of unbranched alkanes of at least 4 members (excludes halogenated alkanes) is 2. The summed E-state index contributed by atoms with van der Waals surface area (Å²) in [5.41, 5.74) is 0.778. The Labute approximate surface area is 120 Å². The lowest BCUT2D eigenvalue weighted by atomic mass is 9.98. The van der Waals surface area contributed by atoms with E-state index >= 15 is 0 Å². The Kier molecular flexibility index (Phi) is 5.92. The molecule has 1 N–H and O–H groups in total. The Morgan fingerprint density at radius 3 is 2.35 bits per heavy atom. The van der Waals surface area contributed by atoms with Crippen molar-refractivity contribution in [1.82, 2.24) is 10.2 Å². The molecule has 0 aromatic heterocycles. The molecule has 20 heavy (non-hydrogen) atoms. The van der Waals surface area contributed by atoms with E-state index in [1.165, 1.54) is 18.6 Å². The highest BCUT2D eigenvalue weighted by molar-refractivity contribution is 5.21. The van der Waals surface area contributed by atoms with E-state index in [2.05, 4.69) is 17.1 Å². The molecule has 4 heteroatoms. The zero-order chi connectivity index (χ0) is 14.4. The summed E-state index contributed by atoms with van der Waals surface area (Å²) >= 11 is 0. The van der Waals surface area contributed by atoms with Gasteiger partial charge in [-0.3, -0.25) is 4.90 Å². The molecule has 1 heterocycles. The predicted molar refractivity (Wildman–Crippen MR) is 77.7 cm³/mol. The molecule has 1 aliphatic rings. The van der Waals surface area contributed by atoms with Crippen LogP contribution in [0.25, 0.3) is 0 Å². The maximum absolute atomic E-state index is 13.5. The molecule has 0 unspecified atom stereocenters. The van der Waals surface area contributed by atoms with Gasteiger partial charge in [0.1, 0.15) is 11.6 Å². The van der Waals surface area contributed by atoms with Crippen LogP contribution in [0.15, 0.2) is 18.2 Å². The van der Waals surface area contributed by atoms with E-state index in [1.807, 2.05) is 0 Å². The van der Waals surface area contributed by atoms with Crippen molar-refractivity contribution in [3.05, 3.63) is 35.4 Å². The molecular weight excluding hydrogens is 258 g/mol. The van der Waals surface area contributed by atoms with Gasteiger partial charge in [0.25, 0.3) is 0 Å². The normalized spacial score (nSPS) is 18.1. The first-order chi connectivity index (χ1) is 9.70. The number of nitrogens with one attached hydrogen (secondary N) is 1. The van der Waals surface area contributed by atoms with Gasteiger partial charge in [0, 0.05) is 38.3 Å². The molecule has 1 aromatic rings. The SMILES string of the molecule is CCCCC[C@H](c1cc(F)cc(F)c1)N1CCNCC1. The minimum atomic E-state index is -0.476. The van der Waals surface area contributed by atoms with Gasteiger partial charge in [0.2, 0.25) is 0 Å². The number of hydrogen-bond donors (Lipinski definition) is 1. The van der Waals surface area contributed by atoms with Crippen LogP contribution in [0.4, 0.5) is 8.78 Å². The number of nitrogens with zero attached hydrogens (tertiary/aromatic N) is 1. The molecule has 1 aliphatic heterocycles. The zero-order valence-corrected chi connectivity index (χ0v) is 12.2. The first-order valence-electron chi connectivity index (χ1n) is 7.61. The molecule has 1 aromatic carbocycles. The Hall–Kier alpha value is -1.00. The van der Waals surface area contributed by atoms with Gasteiger partial charge in [-0.2, -0.15) is 0 Å². The molecule has 1 fully saturated rings. The minimum Gasteiger partial charge on any atom is -0.314 e. The lowest BCUT2D eigenvalue weighted by molar-refractivity contribution is 0.162. The average Bonchev–Trinajstić information content (AvgIpc) is 2.43. The van der Waals surface area contributed by atoms with Crippen molar-refractivity contribution < 1.29 is 8.78 Å². The fourth-order valence-electron chi connectivity index (χ4n) is 2.91. The van der Waals surface area contributed by atoms with E-state index in [1.54, 1.807) is 0 Å². The molecule has 2 rings (SSSR count). The topological polar surface area (TPSA) is 15.3 Å². The second kappa shape index (κ2) is 7.70. The van der Waals surface area contributed by atoms with Crippen LogP contribution < -0.4 is 5.32 Å². The molecule has 1 saturated heterocycles. The minimum absolute atomic E-state index is 0.133. The Morgan fingerprint density at radius 2 is 1.75 bits per heavy atom. The molecule has 1 atom stereocenters. The van der Waals surface area contributed by atoms with E-state index in [-0.39, 0.29) is 6.04 Å². The number of halogens is 2. The Morgan fingerprint density at radius 1 is 1.10 bits per heavy atom. The largest absolute Gasteiger partial charge is 0.314 e. The van der Waals surface area contributed by atoms with E-state index < -0.39 is 11.6 Å². The summed E-state index contributed by atoms with van der Waals surface area (Å²) in [7, 11) is 0. The van der Waals surface area contributed by atoms with Crippen molar-refractivity contribution in [3.63, 3.8) is 0 Å². The second-order valence-electron chi connectivity index (χ2n) is 5.50. The zero-order valence-electron chi connectivity index (χ0n) is 12.2. The molecule has 0 bridgehead atoms. The smallest absolute Gasteiger partial charge is 0.126 e. The molecule has 0 spiro atoms. The summed E-state index contributed by atoms with van der Waals surface area (Å²) in [5, 5.41) is 3.32. The third-order valence-electron chi connectivity index (χ3n) is 3.94. The highest BCUT2D eigenvalue weighted by atomic mass is 19.1. The summed E-state index contributed by atoms with van der Waals surface area (Å²) in [6.45, 7) is 5.94. The van der Waals surface area contributed by atoms with Gasteiger partial charge >= 0.3 is 0 Å². The van der Waals surface area contributed by atoms with Gasteiger partial charge < -0.3 is 5.32 Å². The van der Waals surface area contributed by atoms with Gasteiger partial charge in [0.15, 0.2) is 0 Å². The fraction of sp³-hybridized carbons (Fsp3) is 0.625. The van der Waals surface area contributed by atoms with Crippen LogP contribution in [0.5, 0.6) is 0 Å². The van der Waals surface area contributed by atoms with E-state index in [4.69, 9.17) is 0 Å². The number of hydrogen-bond acceptors (Lipinski definition) is 2.